The molecule has 7 nitrogen and oxygen atoms in total. The van der Waals surface area contributed by atoms with Gasteiger partial charge >= 0.3 is 0 Å². The monoisotopic (exact) mass is 406 g/mol. The minimum absolute atomic E-state index is 0.118. The van der Waals surface area contributed by atoms with Crippen LogP contribution in [-0.2, 0) is 9.47 Å². The quantitative estimate of drug-likeness (QED) is 0.677. The highest BCUT2D eigenvalue weighted by molar-refractivity contribution is 7.20. The lowest BCUT2D eigenvalue weighted by Crippen LogP contribution is -2.35. The van der Waals surface area contributed by atoms with Crippen molar-refractivity contribution in [3.05, 3.63) is 16.3 Å². The van der Waals surface area contributed by atoms with Crippen molar-refractivity contribution in [1.29, 1.82) is 0 Å². The molecule has 154 valence electrons. The van der Waals surface area contributed by atoms with E-state index in [1.165, 1.54) is 30.6 Å². The standard InChI is InChI=1S/C20H30N4O3S/c1-5-26-15(27-6-2)12-21-19(25)17-13(3)16-18(24-10-8-7-9-11-24)22-14(4)23-20(16)28-17/h15H,5-12H2,1-4H3,(H,21,25). The molecule has 0 radical (unpaired) electrons. The Morgan fingerprint density at radius 3 is 2.46 bits per heavy atom. The van der Waals surface area contributed by atoms with Crippen molar-refractivity contribution >= 4 is 33.3 Å². The van der Waals surface area contributed by atoms with Gasteiger partial charge in [0, 0.05) is 26.3 Å². The molecule has 0 spiro atoms. The number of thiophene rings is 1. The number of amides is 1. The maximum absolute atomic E-state index is 12.8. The maximum Gasteiger partial charge on any atom is 0.261 e. The zero-order chi connectivity index (χ0) is 20.1. The fourth-order valence-corrected chi connectivity index (χ4v) is 4.70. The first-order chi connectivity index (χ1) is 13.5. The Balaban J connectivity index is 1.86. The summed E-state index contributed by atoms with van der Waals surface area (Å²) in [6, 6.07) is 0. The summed E-state index contributed by atoms with van der Waals surface area (Å²) in [6.45, 7) is 11.1. The molecule has 1 N–H and O–H groups in total. The molecule has 3 rings (SSSR count). The summed E-state index contributed by atoms with van der Waals surface area (Å²) in [5.74, 6) is 1.60. The van der Waals surface area contributed by atoms with Gasteiger partial charge in [0.25, 0.3) is 5.91 Å². The number of piperidine rings is 1. The van der Waals surface area contributed by atoms with Crippen LogP contribution in [0.5, 0.6) is 0 Å². The van der Waals surface area contributed by atoms with Gasteiger partial charge in [-0.25, -0.2) is 9.97 Å². The van der Waals surface area contributed by atoms with Crippen molar-refractivity contribution < 1.29 is 14.3 Å². The van der Waals surface area contributed by atoms with E-state index in [2.05, 4.69) is 15.2 Å². The van der Waals surface area contributed by atoms with Crippen LogP contribution in [0.4, 0.5) is 5.82 Å². The van der Waals surface area contributed by atoms with Crippen molar-refractivity contribution in [3.63, 3.8) is 0 Å². The van der Waals surface area contributed by atoms with E-state index in [0.29, 0.717) is 24.6 Å². The molecule has 2 aromatic heterocycles. The zero-order valence-electron chi connectivity index (χ0n) is 17.2. The summed E-state index contributed by atoms with van der Waals surface area (Å²) >= 11 is 1.43. The van der Waals surface area contributed by atoms with E-state index >= 15 is 0 Å². The van der Waals surface area contributed by atoms with Gasteiger partial charge in [-0.3, -0.25) is 4.79 Å². The Morgan fingerprint density at radius 1 is 1.14 bits per heavy atom. The normalized spacial score (nSPS) is 14.8. The van der Waals surface area contributed by atoms with Crippen molar-refractivity contribution in [1.82, 2.24) is 15.3 Å². The molecule has 0 bridgehead atoms. The number of nitrogens with one attached hydrogen (secondary N) is 1. The van der Waals surface area contributed by atoms with E-state index in [-0.39, 0.29) is 5.91 Å². The Hall–Kier alpha value is -1.77. The number of carbonyl (C=O) groups is 1. The number of anilines is 1. The van der Waals surface area contributed by atoms with Crippen LogP contribution in [0, 0.1) is 13.8 Å². The van der Waals surface area contributed by atoms with E-state index in [0.717, 1.165) is 40.5 Å². The minimum Gasteiger partial charge on any atom is -0.356 e. The second kappa shape index (κ2) is 9.62. The highest BCUT2D eigenvalue weighted by Gasteiger charge is 2.24. The fourth-order valence-electron chi connectivity index (χ4n) is 3.57. The molecule has 8 heteroatoms. The van der Waals surface area contributed by atoms with Gasteiger partial charge in [-0.05, 0) is 52.5 Å². The van der Waals surface area contributed by atoms with E-state index in [9.17, 15) is 4.79 Å². The summed E-state index contributed by atoms with van der Waals surface area (Å²) in [6.07, 6.45) is 3.19. The Morgan fingerprint density at radius 2 is 1.82 bits per heavy atom. The van der Waals surface area contributed by atoms with E-state index < -0.39 is 6.29 Å². The number of carbonyl (C=O) groups excluding carboxylic acids is 1. The molecule has 0 saturated carbocycles. The molecule has 0 unspecified atom stereocenters. The number of fused-ring (bicyclic) bond motifs is 1. The number of aromatic nitrogens is 2. The van der Waals surface area contributed by atoms with Crippen LogP contribution in [0.3, 0.4) is 0 Å². The van der Waals surface area contributed by atoms with Crippen LogP contribution in [0.25, 0.3) is 10.2 Å². The minimum atomic E-state index is -0.431. The average molecular weight is 407 g/mol. The molecule has 28 heavy (non-hydrogen) atoms. The topological polar surface area (TPSA) is 76.6 Å². The van der Waals surface area contributed by atoms with Crippen LogP contribution in [-0.4, -0.2) is 55.0 Å². The summed E-state index contributed by atoms with van der Waals surface area (Å²) < 4.78 is 11.0. The lowest BCUT2D eigenvalue weighted by Gasteiger charge is -2.28. The summed E-state index contributed by atoms with van der Waals surface area (Å²) in [5.41, 5.74) is 0.947. The Kier molecular flexibility index (Phi) is 7.20. The SMILES string of the molecule is CCOC(CNC(=O)c1sc2nc(C)nc(N3CCCCC3)c2c1C)OCC. The number of hydrogen-bond acceptors (Lipinski definition) is 7. The molecule has 1 aliphatic heterocycles. The molecule has 1 aliphatic rings. The lowest BCUT2D eigenvalue weighted by molar-refractivity contribution is -0.131. The highest BCUT2D eigenvalue weighted by atomic mass is 32.1. The van der Waals surface area contributed by atoms with E-state index in [1.54, 1.807) is 0 Å². The number of aryl methyl sites for hydroxylation is 2. The first kappa shape index (κ1) is 21.0. The summed E-state index contributed by atoms with van der Waals surface area (Å²) in [7, 11) is 0. The van der Waals surface area contributed by atoms with Crippen molar-refractivity contribution in [2.24, 2.45) is 0 Å². The molecule has 0 aromatic carbocycles. The van der Waals surface area contributed by atoms with Gasteiger partial charge in [0.05, 0.1) is 16.8 Å². The number of hydrogen-bond donors (Lipinski definition) is 1. The summed E-state index contributed by atoms with van der Waals surface area (Å²) in [4.78, 5) is 26.1. The van der Waals surface area contributed by atoms with Gasteiger partial charge in [0.1, 0.15) is 16.5 Å². The molecule has 3 heterocycles. The molecule has 1 saturated heterocycles. The zero-order valence-corrected chi connectivity index (χ0v) is 18.0. The first-order valence-corrected chi connectivity index (χ1v) is 10.9. The maximum atomic E-state index is 12.8. The van der Waals surface area contributed by atoms with Crippen molar-refractivity contribution in [2.45, 2.75) is 53.2 Å². The summed E-state index contributed by atoms with van der Waals surface area (Å²) in [5, 5.41) is 3.95. The van der Waals surface area contributed by atoms with Gasteiger partial charge in [-0.2, -0.15) is 0 Å². The fraction of sp³-hybridized carbons (Fsp3) is 0.650. The van der Waals surface area contributed by atoms with Crippen molar-refractivity contribution in [3.8, 4) is 0 Å². The van der Waals surface area contributed by atoms with Gasteiger partial charge in [0.2, 0.25) is 0 Å². The van der Waals surface area contributed by atoms with Crippen LogP contribution >= 0.6 is 11.3 Å². The van der Waals surface area contributed by atoms with Gasteiger partial charge in [0.15, 0.2) is 6.29 Å². The van der Waals surface area contributed by atoms with Crippen LogP contribution in [0.1, 0.15) is 54.2 Å². The van der Waals surface area contributed by atoms with Crippen LogP contribution < -0.4 is 10.2 Å². The van der Waals surface area contributed by atoms with E-state index in [1.807, 2.05) is 27.7 Å². The smallest absolute Gasteiger partial charge is 0.261 e. The third-order valence-corrected chi connectivity index (χ3v) is 6.06. The van der Waals surface area contributed by atoms with E-state index in [4.69, 9.17) is 14.5 Å². The number of nitrogens with zero attached hydrogens (tertiary/aromatic N) is 3. The third-order valence-electron chi connectivity index (χ3n) is 4.88. The van der Waals surface area contributed by atoms with Crippen LogP contribution in [0.2, 0.25) is 0 Å². The van der Waals surface area contributed by atoms with Gasteiger partial charge in [-0.1, -0.05) is 0 Å². The molecule has 2 aromatic rings. The first-order valence-electron chi connectivity index (χ1n) is 10.1. The lowest BCUT2D eigenvalue weighted by atomic mass is 10.1. The molecule has 0 atom stereocenters. The molecular weight excluding hydrogens is 376 g/mol. The predicted molar refractivity (Wildman–Crippen MR) is 112 cm³/mol. The molecule has 1 fully saturated rings. The molecular formula is C20H30N4O3S. The average Bonchev–Trinajstić information content (AvgIpc) is 3.02. The van der Waals surface area contributed by atoms with Crippen LogP contribution in [0.15, 0.2) is 0 Å². The largest absolute Gasteiger partial charge is 0.356 e. The number of rotatable bonds is 8. The molecule has 1 amide bonds. The highest BCUT2D eigenvalue weighted by Crippen LogP contribution is 2.36. The Labute approximate surface area is 170 Å². The Bertz CT molecular complexity index is 811. The van der Waals surface area contributed by atoms with Crippen molar-refractivity contribution in [2.75, 3.05) is 37.7 Å². The number of ether oxygens (including phenoxy) is 2. The second-order valence-electron chi connectivity index (χ2n) is 6.93. The van der Waals surface area contributed by atoms with Gasteiger partial charge in [-0.15, -0.1) is 11.3 Å². The second-order valence-corrected chi connectivity index (χ2v) is 7.93. The molecule has 0 aliphatic carbocycles. The van der Waals surface area contributed by atoms with Gasteiger partial charge < -0.3 is 19.7 Å². The predicted octanol–water partition coefficient (Wildman–Crippen LogP) is 3.43. The third kappa shape index (κ3) is 4.61.